The molecule has 0 unspecified atom stereocenters. The van der Waals surface area contributed by atoms with Crippen LogP contribution in [0, 0.1) is 12.8 Å². The standard InChI is InChI=1S/C18H19N3O3S/c1-10-9-15(21-17(23)12-3-4-12)25-16(10)18(24)20-14-7-5-13(6-8-14)19-11(2)22/h5-9,12H,3-4H2,1-2H3,(H,19,22)(H,20,24)(H,21,23). The number of carbonyl (C=O) groups is 3. The summed E-state index contributed by atoms with van der Waals surface area (Å²) in [6, 6.07) is 8.71. The smallest absolute Gasteiger partial charge is 0.266 e. The normalized spacial score (nSPS) is 13.2. The average Bonchev–Trinajstić information content (AvgIpc) is 3.33. The number of amides is 3. The second-order valence-electron chi connectivity index (χ2n) is 6.10. The van der Waals surface area contributed by atoms with Crippen molar-refractivity contribution in [1.29, 1.82) is 0 Å². The predicted octanol–water partition coefficient (Wildman–Crippen LogP) is 3.62. The Balaban J connectivity index is 1.65. The van der Waals surface area contributed by atoms with Gasteiger partial charge in [-0.25, -0.2) is 0 Å². The summed E-state index contributed by atoms with van der Waals surface area (Å²) < 4.78 is 0. The van der Waals surface area contributed by atoms with E-state index in [4.69, 9.17) is 0 Å². The first kappa shape index (κ1) is 17.2. The maximum Gasteiger partial charge on any atom is 0.266 e. The third-order valence-electron chi connectivity index (χ3n) is 3.78. The van der Waals surface area contributed by atoms with Gasteiger partial charge in [-0.05, 0) is 55.7 Å². The van der Waals surface area contributed by atoms with Crippen LogP contribution in [-0.4, -0.2) is 17.7 Å². The van der Waals surface area contributed by atoms with E-state index >= 15 is 0 Å². The molecular weight excluding hydrogens is 338 g/mol. The van der Waals surface area contributed by atoms with E-state index in [0.717, 1.165) is 18.4 Å². The number of hydrogen-bond acceptors (Lipinski definition) is 4. The third-order valence-corrected chi connectivity index (χ3v) is 4.93. The van der Waals surface area contributed by atoms with Crippen LogP contribution < -0.4 is 16.0 Å². The molecular formula is C18H19N3O3S. The van der Waals surface area contributed by atoms with Crippen LogP contribution in [0.5, 0.6) is 0 Å². The molecule has 3 N–H and O–H groups in total. The van der Waals surface area contributed by atoms with Crippen molar-refractivity contribution in [2.75, 3.05) is 16.0 Å². The van der Waals surface area contributed by atoms with E-state index in [9.17, 15) is 14.4 Å². The first-order valence-electron chi connectivity index (χ1n) is 8.02. The Hall–Kier alpha value is -2.67. The zero-order valence-corrected chi connectivity index (χ0v) is 14.8. The van der Waals surface area contributed by atoms with Crippen LogP contribution in [0.15, 0.2) is 30.3 Å². The molecule has 1 aromatic heterocycles. The van der Waals surface area contributed by atoms with Gasteiger partial charge in [-0.3, -0.25) is 14.4 Å². The molecule has 0 atom stereocenters. The Morgan fingerprint density at radius 1 is 1.00 bits per heavy atom. The Labute approximate surface area is 149 Å². The molecule has 2 aromatic rings. The lowest BCUT2D eigenvalue weighted by molar-refractivity contribution is -0.117. The molecule has 0 saturated heterocycles. The van der Waals surface area contributed by atoms with Crippen LogP contribution in [0.2, 0.25) is 0 Å². The molecule has 1 aromatic carbocycles. The van der Waals surface area contributed by atoms with E-state index in [1.165, 1.54) is 18.3 Å². The Kier molecular flexibility index (Phi) is 4.85. The number of rotatable bonds is 5. The largest absolute Gasteiger partial charge is 0.326 e. The lowest BCUT2D eigenvalue weighted by Crippen LogP contribution is -2.12. The molecule has 7 heteroatoms. The number of carbonyl (C=O) groups excluding carboxylic acids is 3. The highest BCUT2D eigenvalue weighted by Crippen LogP contribution is 2.33. The topological polar surface area (TPSA) is 87.3 Å². The van der Waals surface area contributed by atoms with Gasteiger partial charge in [0.25, 0.3) is 5.91 Å². The molecule has 0 spiro atoms. The van der Waals surface area contributed by atoms with E-state index < -0.39 is 0 Å². The third kappa shape index (κ3) is 4.45. The van der Waals surface area contributed by atoms with Gasteiger partial charge >= 0.3 is 0 Å². The van der Waals surface area contributed by atoms with E-state index in [-0.39, 0.29) is 23.6 Å². The molecule has 25 heavy (non-hydrogen) atoms. The monoisotopic (exact) mass is 357 g/mol. The maximum atomic E-state index is 12.5. The lowest BCUT2D eigenvalue weighted by atomic mass is 10.2. The fraction of sp³-hybridized carbons (Fsp3) is 0.278. The van der Waals surface area contributed by atoms with Gasteiger partial charge in [0.2, 0.25) is 11.8 Å². The molecule has 1 aliphatic carbocycles. The predicted molar refractivity (Wildman–Crippen MR) is 99.1 cm³/mol. The van der Waals surface area contributed by atoms with Gasteiger partial charge in [0.1, 0.15) is 0 Å². The van der Waals surface area contributed by atoms with Gasteiger partial charge in [0, 0.05) is 24.2 Å². The maximum absolute atomic E-state index is 12.5. The Bertz CT molecular complexity index is 823. The second-order valence-corrected chi connectivity index (χ2v) is 7.15. The van der Waals surface area contributed by atoms with Crippen molar-refractivity contribution < 1.29 is 14.4 Å². The molecule has 1 heterocycles. The minimum atomic E-state index is -0.221. The summed E-state index contributed by atoms with van der Waals surface area (Å²) in [5.41, 5.74) is 2.13. The molecule has 3 amide bonds. The van der Waals surface area contributed by atoms with Gasteiger partial charge in [-0.2, -0.15) is 0 Å². The Morgan fingerprint density at radius 2 is 1.60 bits per heavy atom. The van der Waals surface area contributed by atoms with Gasteiger partial charge in [-0.1, -0.05) is 0 Å². The van der Waals surface area contributed by atoms with Crippen molar-refractivity contribution in [1.82, 2.24) is 0 Å². The lowest BCUT2D eigenvalue weighted by Gasteiger charge is -2.06. The van der Waals surface area contributed by atoms with Crippen LogP contribution >= 0.6 is 11.3 Å². The highest BCUT2D eigenvalue weighted by atomic mass is 32.1. The Morgan fingerprint density at radius 3 is 2.16 bits per heavy atom. The molecule has 0 bridgehead atoms. The van der Waals surface area contributed by atoms with Gasteiger partial charge < -0.3 is 16.0 Å². The first-order valence-corrected chi connectivity index (χ1v) is 8.84. The number of nitrogens with one attached hydrogen (secondary N) is 3. The van der Waals surface area contributed by atoms with Crippen molar-refractivity contribution >= 4 is 45.4 Å². The van der Waals surface area contributed by atoms with Crippen LogP contribution in [0.25, 0.3) is 0 Å². The summed E-state index contributed by atoms with van der Waals surface area (Å²) in [5, 5.41) is 9.06. The molecule has 0 aliphatic heterocycles. The van der Waals surface area contributed by atoms with Crippen LogP contribution in [0.1, 0.15) is 35.0 Å². The highest BCUT2D eigenvalue weighted by molar-refractivity contribution is 7.18. The highest BCUT2D eigenvalue weighted by Gasteiger charge is 2.30. The summed E-state index contributed by atoms with van der Waals surface area (Å²) in [6.45, 7) is 3.28. The minimum absolute atomic E-state index is 0.0294. The quantitative estimate of drug-likeness (QED) is 0.764. The molecule has 130 valence electrons. The fourth-order valence-electron chi connectivity index (χ4n) is 2.37. The van der Waals surface area contributed by atoms with Crippen LogP contribution in [-0.2, 0) is 9.59 Å². The first-order chi connectivity index (χ1) is 11.9. The van der Waals surface area contributed by atoms with Crippen LogP contribution in [0.3, 0.4) is 0 Å². The summed E-state index contributed by atoms with van der Waals surface area (Å²) in [7, 11) is 0. The second kappa shape index (κ2) is 7.06. The summed E-state index contributed by atoms with van der Waals surface area (Å²) in [6.07, 6.45) is 1.88. The molecule has 0 radical (unpaired) electrons. The van der Waals surface area contributed by atoms with Crippen molar-refractivity contribution in [3.05, 3.63) is 40.8 Å². The zero-order chi connectivity index (χ0) is 18.0. The average molecular weight is 357 g/mol. The summed E-state index contributed by atoms with van der Waals surface area (Å²) >= 11 is 1.27. The molecule has 3 rings (SSSR count). The van der Waals surface area contributed by atoms with Crippen molar-refractivity contribution in [3.63, 3.8) is 0 Å². The van der Waals surface area contributed by atoms with E-state index in [1.54, 1.807) is 24.3 Å². The van der Waals surface area contributed by atoms with Gasteiger partial charge in [0.05, 0.1) is 9.88 Å². The number of thiophene rings is 1. The van der Waals surface area contributed by atoms with Crippen molar-refractivity contribution in [2.45, 2.75) is 26.7 Å². The summed E-state index contributed by atoms with van der Waals surface area (Å²) in [4.78, 5) is 35.9. The number of aryl methyl sites for hydroxylation is 1. The van der Waals surface area contributed by atoms with E-state index in [1.807, 2.05) is 13.0 Å². The molecule has 1 saturated carbocycles. The minimum Gasteiger partial charge on any atom is -0.326 e. The molecule has 1 aliphatic rings. The van der Waals surface area contributed by atoms with E-state index in [2.05, 4.69) is 16.0 Å². The van der Waals surface area contributed by atoms with Crippen molar-refractivity contribution in [3.8, 4) is 0 Å². The zero-order valence-electron chi connectivity index (χ0n) is 14.0. The van der Waals surface area contributed by atoms with E-state index in [0.29, 0.717) is 21.3 Å². The number of hydrogen-bond donors (Lipinski definition) is 3. The van der Waals surface area contributed by atoms with Gasteiger partial charge in [-0.15, -0.1) is 11.3 Å². The van der Waals surface area contributed by atoms with Gasteiger partial charge in [0.15, 0.2) is 0 Å². The number of benzene rings is 1. The summed E-state index contributed by atoms with van der Waals surface area (Å²) in [5.74, 6) is -0.211. The molecule has 6 nitrogen and oxygen atoms in total. The van der Waals surface area contributed by atoms with Crippen molar-refractivity contribution in [2.24, 2.45) is 5.92 Å². The SMILES string of the molecule is CC(=O)Nc1ccc(NC(=O)c2sc(NC(=O)C3CC3)cc2C)cc1. The number of anilines is 3. The molecule has 1 fully saturated rings. The van der Waals surface area contributed by atoms with Crippen LogP contribution in [0.4, 0.5) is 16.4 Å². The fourth-order valence-corrected chi connectivity index (χ4v) is 3.34.